The molecule has 0 bridgehead atoms. The Kier molecular flexibility index (Phi) is 28.9. The normalized spacial score (nSPS) is 17.4. The fraction of sp³-hybridized carbons (Fsp3) is 0.610. The van der Waals surface area contributed by atoms with Gasteiger partial charge in [-0.3, -0.25) is 14.1 Å². The SMILES string of the molecule is CC/C=C\C/C=C\C/C=C\C/C=C\CCCCC(=O)O[C@H](COC(=O)CCC/C=C\CC1OC1C/C=C\C/C=C\CCCCC)COP(=O)(O)O. The summed E-state index contributed by atoms with van der Waals surface area (Å²) >= 11 is 0. The molecule has 9 nitrogen and oxygen atoms in total. The maximum Gasteiger partial charge on any atom is 0.469 e. The van der Waals surface area contributed by atoms with Crippen LogP contribution in [0.1, 0.15) is 129 Å². The van der Waals surface area contributed by atoms with Gasteiger partial charge in [0, 0.05) is 12.8 Å². The monoisotopic (exact) mass is 732 g/mol. The van der Waals surface area contributed by atoms with Crippen molar-refractivity contribution in [2.45, 2.75) is 148 Å². The summed E-state index contributed by atoms with van der Waals surface area (Å²) in [4.78, 5) is 42.8. The van der Waals surface area contributed by atoms with Crippen LogP contribution < -0.4 is 0 Å². The van der Waals surface area contributed by atoms with Gasteiger partial charge in [0.15, 0.2) is 6.10 Å². The molecule has 0 amide bonds. The zero-order valence-corrected chi connectivity index (χ0v) is 32.1. The minimum absolute atomic E-state index is 0.139. The third-order valence-corrected chi connectivity index (χ3v) is 8.29. The van der Waals surface area contributed by atoms with Gasteiger partial charge in [-0.05, 0) is 89.9 Å². The lowest BCUT2D eigenvalue weighted by Crippen LogP contribution is -2.29. The van der Waals surface area contributed by atoms with Gasteiger partial charge in [-0.1, -0.05) is 112 Å². The highest BCUT2D eigenvalue weighted by molar-refractivity contribution is 7.46. The van der Waals surface area contributed by atoms with E-state index in [0.29, 0.717) is 19.3 Å². The second kappa shape index (κ2) is 31.9. The van der Waals surface area contributed by atoms with Gasteiger partial charge in [0.2, 0.25) is 0 Å². The molecule has 0 aliphatic carbocycles. The van der Waals surface area contributed by atoms with Gasteiger partial charge in [-0.15, -0.1) is 0 Å². The first-order chi connectivity index (χ1) is 24.7. The van der Waals surface area contributed by atoms with Crippen molar-refractivity contribution in [3.05, 3.63) is 85.1 Å². The first-order valence-corrected chi connectivity index (χ1v) is 20.5. The van der Waals surface area contributed by atoms with Gasteiger partial charge in [0.25, 0.3) is 0 Å². The first-order valence-electron chi connectivity index (χ1n) is 19.0. The molecule has 0 spiro atoms. The van der Waals surface area contributed by atoms with Crippen molar-refractivity contribution in [1.29, 1.82) is 0 Å². The average molecular weight is 733 g/mol. The van der Waals surface area contributed by atoms with E-state index in [2.05, 4.69) is 97.4 Å². The second-order valence-electron chi connectivity index (χ2n) is 12.6. The van der Waals surface area contributed by atoms with E-state index in [4.69, 9.17) is 24.0 Å². The Morgan fingerprint density at radius 2 is 1.12 bits per heavy atom. The summed E-state index contributed by atoms with van der Waals surface area (Å²) < 4.78 is 32.0. The van der Waals surface area contributed by atoms with E-state index in [1.165, 1.54) is 19.3 Å². The Balaban J connectivity index is 2.19. The van der Waals surface area contributed by atoms with E-state index in [1.54, 1.807) is 0 Å². The summed E-state index contributed by atoms with van der Waals surface area (Å²) in [7, 11) is -4.79. The summed E-state index contributed by atoms with van der Waals surface area (Å²) in [5.41, 5.74) is 0. The van der Waals surface area contributed by atoms with Crippen LogP contribution in [0.3, 0.4) is 0 Å². The van der Waals surface area contributed by atoms with Crippen molar-refractivity contribution in [3.63, 3.8) is 0 Å². The predicted octanol–water partition coefficient (Wildman–Crippen LogP) is 10.3. The smallest absolute Gasteiger partial charge is 0.462 e. The summed E-state index contributed by atoms with van der Waals surface area (Å²) in [5, 5.41) is 0. The highest BCUT2D eigenvalue weighted by Gasteiger charge is 2.36. The molecule has 0 radical (unpaired) electrons. The fourth-order valence-corrected chi connectivity index (χ4v) is 5.23. The predicted molar refractivity (Wildman–Crippen MR) is 206 cm³/mol. The van der Waals surface area contributed by atoms with Gasteiger partial charge >= 0.3 is 19.8 Å². The zero-order chi connectivity index (χ0) is 37.3. The van der Waals surface area contributed by atoms with E-state index in [-0.39, 0.29) is 31.7 Å². The number of phosphoric acid groups is 1. The molecule has 0 aromatic heterocycles. The molecule has 2 unspecified atom stereocenters. The van der Waals surface area contributed by atoms with Crippen LogP contribution in [-0.2, 0) is 32.9 Å². The highest BCUT2D eigenvalue weighted by Crippen LogP contribution is 2.36. The van der Waals surface area contributed by atoms with Gasteiger partial charge in [-0.25, -0.2) is 4.57 Å². The van der Waals surface area contributed by atoms with Crippen molar-refractivity contribution < 1.29 is 42.7 Å². The number of unbranched alkanes of at least 4 members (excludes halogenated alkanes) is 6. The summed E-state index contributed by atoms with van der Waals surface area (Å²) in [6.45, 7) is 3.42. The number of epoxide rings is 1. The third kappa shape index (κ3) is 31.6. The maximum absolute atomic E-state index is 12.4. The molecular formula is C41H65O9P. The molecule has 1 aliphatic heterocycles. The molecule has 1 fully saturated rings. The van der Waals surface area contributed by atoms with E-state index in [1.807, 2.05) is 6.08 Å². The van der Waals surface area contributed by atoms with Crippen LogP contribution in [0.5, 0.6) is 0 Å². The molecule has 10 heteroatoms. The van der Waals surface area contributed by atoms with Crippen molar-refractivity contribution in [2.75, 3.05) is 13.2 Å². The van der Waals surface area contributed by atoms with E-state index < -0.39 is 32.5 Å². The van der Waals surface area contributed by atoms with Crippen LogP contribution in [0, 0.1) is 0 Å². The number of phosphoric ester groups is 1. The Bertz CT molecular complexity index is 1160. The largest absolute Gasteiger partial charge is 0.469 e. The Morgan fingerprint density at radius 1 is 0.627 bits per heavy atom. The molecular weight excluding hydrogens is 667 g/mol. The lowest BCUT2D eigenvalue weighted by molar-refractivity contribution is -0.161. The molecule has 1 aliphatic rings. The molecule has 1 saturated heterocycles. The number of esters is 2. The topological polar surface area (TPSA) is 132 Å². The van der Waals surface area contributed by atoms with Gasteiger partial charge in [0.1, 0.15) is 6.61 Å². The molecule has 1 heterocycles. The summed E-state index contributed by atoms with van der Waals surface area (Å²) in [6, 6.07) is 0. The number of carbonyl (C=O) groups excluding carboxylic acids is 2. The molecule has 3 atom stereocenters. The molecule has 0 saturated carbocycles. The molecule has 288 valence electrons. The molecule has 0 aromatic rings. The van der Waals surface area contributed by atoms with Crippen LogP contribution in [-0.4, -0.2) is 53.3 Å². The standard InChI is InChI=1S/C41H65O9P/c1-3-5-7-9-11-13-14-15-16-17-18-20-22-24-30-34-41(43)49-37(36-48-51(44,45)46)35-47-40(42)33-29-26-25-28-32-39-38(50-39)31-27-23-21-19-12-10-8-6-4-2/h5,7,11-13,15-16,18-20,23,25,27-28,37-39H,3-4,6,8-10,14,17,21-22,24,26,29-36H2,1-2H3,(H2,44,45,46)/b7-5-,13-11-,16-15-,19-12-,20-18-,27-23-,28-25-/t37-,38?,39?/m1/s1. The number of ether oxygens (including phenoxy) is 3. The minimum Gasteiger partial charge on any atom is -0.462 e. The minimum atomic E-state index is -4.79. The van der Waals surface area contributed by atoms with Crippen LogP contribution in [0.15, 0.2) is 85.1 Å². The van der Waals surface area contributed by atoms with Crippen molar-refractivity contribution in [1.82, 2.24) is 0 Å². The number of carbonyl (C=O) groups is 2. The van der Waals surface area contributed by atoms with Crippen LogP contribution >= 0.6 is 7.82 Å². The molecule has 0 aromatic carbocycles. The number of allylic oxidation sites excluding steroid dienone is 12. The Labute approximate surface area is 307 Å². The molecule has 51 heavy (non-hydrogen) atoms. The summed E-state index contributed by atoms with van der Waals surface area (Å²) in [6.07, 6.45) is 44.8. The average Bonchev–Trinajstić information content (AvgIpc) is 3.85. The number of rotatable bonds is 32. The lowest BCUT2D eigenvalue weighted by Gasteiger charge is -2.18. The third-order valence-electron chi connectivity index (χ3n) is 7.80. The first kappa shape index (κ1) is 46.2. The maximum atomic E-state index is 12.4. The van der Waals surface area contributed by atoms with E-state index in [0.717, 1.165) is 64.2 Å². The van der Waals surface area contributed by atoms with E-state index in [9.17, 15) is 14.2 Å². The number of hydrogen-bond donors (Lipinski definition) is 2. The quantitative estimate of drug-likeness (QED) is 0.0228. The summed E-state index contributed by atoms with van der Waals surface area (Å²) in [5.74, 6) is -1.02. The van der Waals surface area contributed by atoms with Crippen LogP contribution in [0.25, 0.3) is 0 Å². The van der Waals surface area contributed by atoms with Crippen molar-refractivity contribution in [3.8, 4) is 0 Å². The highest BCUT2D eigenvalue weighted by atomic mass is 31.2. The molecule has 2 N–H and O–H groups in total. The number of hydrogen-bond acceptors (Lipinski definition) is 7. The Hall–Kier alpha value is -2.81. The van der Waals surface area contributed by atoms with Crippen LogP contribution in [0.2, 0.25) is 0 Å². The van der Waals surface area contributed by atoms with Gasteiger partial charge in [0.05, 0.1) is 18.8 Å². The second-order valence-corrected chi connectivity index (χ2v) is 13.8. The Morgan fingerprint density at radius 3 is 1.71 bits per heavy atom. The van der Waals surface area contributed by atoms with Crippen LogP contribution in [0.4, 0.5) is 0 Å². The fourth-order valence-electron chi connectivity index (χ4n) is 4.87. The van der Waals surface area contributed by atoms with E-state index >= 15 is 0 Å². The van der Waals surface area contributed by atoms with Crippen molar-refractivity contribution >= 4 is 19.8 Å². The van der Waals surface area contributed by atoms with Gasteiger partial charge in [-0.2, -0.15) is 0 Å². The zero-order valence-electron chi connectivity index (χ0n) is 31.2. The van der Waals surface area contributed by atoms with Gasteiger partial charge < -0.3 is 24.0 Å². The van der Waals surface area contributed by atoms with Crippen molar-refractivity contribution in [2.24, 2.45) is 0 Å². The lowest BCUT2D eigenvalue weighted by atomic mass is 10.1. The molecule has 1 rings (SSSR count).